The third-order valence-electron chi connectivity index (χ3n) is 4.35. The molecular formula is C18H16Cl2F3NO2. The number of aliphatic carboxylic acids is 1. The van der Waals surface area contributed by atoms with Gasteiger partial charge in [-0.2, -0.15) is 13.2 Å². The normalized spacial score (nSPS) is 17.3. The molecule has 3 nitrogen and oxygen atoms in total. The monoisotopic (exact) mass is 405 g/mol. The lowest BCUT2D eigenvalue weighted by Gasteiger charge is -2.34. The van der Waals surface area contributed by atoms with Crippen molar-refractivity contribution < 1.29 is 23.1 Å². The van der Waals surface area contributed by atoms with E-state index in [0.717, 1.165) is 17.7 Å². The van der Waals surface area contributed by atoms with Gasteiger partial charge < -0.3 is 5.11 Å². The fourth-order valence-electron chi connectivity index (χ4n) is 3.05. The molecule has 140 valence electrons. The van der Waals surface area contributed by atoms with Crippen molar-refractivity contribution in [2.45, 2.75) is 31.7 Å². The summed E-state index contributed by atoms with van der Waals surface area (Å²) in [5.41, 5.74) is 1.30. The second-order valence-corrected chi connectivity index (χ2v) is 6.51. The Morgan fingerprint density at radius 2 is 1.81 bits per heavy atom. The van der Waals surface area contributed by atoms with Crippen molar-refractivity contribution in [1.29, 1.82) is 0 Å². The molecule has 0 aliphatic carbocycles. The Kier molecular flexibility index (Phi) is 6.21. The van der Waals surface area contributed by atoms with Gasteiger partial charge in [0.05, 0.1) is 5.56 Å². The van der Waals surface area contributed by atoms with E-state index >= 15 is 0 Å². The van der Waals surface area contributed by atoms with Crippen LogP contribution in [0, 0.1) is 0 Å². The molecule has 0 saturated heterocycles. The highest BCUT2D eigenvalue weighted by Crippen LogP contribution is 2.33. The number of fused-ring (bicyclic) bond motifs is 1. The Morgan fingerprint density at radius 3 is 2.38 bits per heavy atom. The molecule has 8 heteroatoms. The van der Waals surface area contributed by atoms with Crippen molar-refractivity contribution in [2.24, 2.45) is 0 Å². The first-order chi connectivity index (χ1) is 11.7. The second kappa shape index (κ2) is 7.86. The zero-order valence-corrected chi connectivity index (χ0v) is 15.0. The molecule has 2 aromatic carbocycles. The number of halogens is 5. The minimum atomic E-state index is -4.42. The standard InChI is InChI=1S/C18H15ClF3NO2.ClH/c19-15-5-1-11(2-6-15)9-23-10-13-7-14(18(20,21)22)4-3-12(13)8-16(23)17(24)25;/h1-7,16H,8-10H2,(H,24,25);1H. The van der Waals surface area contributed by atoms with E-state index < -0.39 is 23.8 Å². The largest absolute Gasteiger partial charge is 0.480 e. The molecule has 2 aromatic rings. The summed E-state index contributed by atoms with van der Waals surface area (Å²) >= 11 is 5.85. The number of benzene rings is 2. The van der Waals surface area contributed by atoms with Gasteiger partial charge >= 0.3 is 12.1 Å². The molecule has 0 amide bonds. The number of hydrogen-bond acceptors (Lipinski definition) is 2. The van der Waals surface area contributed by atoms with Crippen LogP contribution < -0.4 is 0 Å². The highest BCUT2D eigenvalue weighted by Gasteiger charge is 2.35. The maximum Gasteiger partial charge on any atom is 0.416 e. The number of alkyl halides is 3. The summed E-state index contributed by atoms with van der Waals surface area (Å²) in [5, 5.41) is 10.1. The first-order valence-corrected chi connectivity index (χ1v) is 8.02. The summed E-state index contributed by atoms with van der Waals surface area (Å²) in [6.07, 6.45) is -4.24. The molecular weight excluding hydrogens is 390 g/mol. The summed E-state index contributed by atoms with van der Waals surface area (Å²) in [6.45, 7) is 0.475. The van der Waals surface area contributed by atoms with Gasteiger partial charge in [-0.05, 0) is 47.4 Å². The van der Waals surface area contributed by atoms with Crippen molar-refractivity contribution in [3.63, 3.8) is 0 Å². The van der Waals surface area contributed by atoms with Crippen LogP contribution in [0.5, 0.6) is 0 Å². The van der Waals surface area contributed by atoms with E-state index in [1.165, 1.54) is 6.07 Å². The number of nitrogens with zero attached hydrogens (tertiary/aromatic N) is 1. The maximum atomic E-state index is 12.9. The average molecular weight is 406 g/mol. The Morgan fingerprint density at radius 1 is 1.15 bits per heavy atom. The molecule has 26 heavy (non-hydrogen) atoms. The van der Waals surface area contributed by atoms with Crippen LogP contribution in [0.15, 0.2) is 42.5 Å². The van der Waals surface area contributed by atoms with Gasteiger partial charge in [0, 0.05) is 18.1 Å². The molecule has 0 spiro atoms. The SMILES string of the molecule is Cl.O=C(O)C1Cc2ccc(C(F)(F)F)cc2CN1Cc1ccc(Cl)cc1. The van der Waals surface area contributed by atoms with Gasteiger partial charge in [0.25, 0.3) is 0 Å². The second-order valence-electron chi connectivity index (χ2n) is 6.07. The lowest BCUT2D eigenvalue weighted by Crippen LogP contribution is -2.45. The average Bonchev–Trinajstić information content (AvgIpc) is 2.54. The Hall–Kier alpha value is -1.76. The molecule has 0 aromatic heterocycles. The number of carbonyl (C=O) groups is 1. The van der Waals surface area contributed by atoms with Gasteiger partial charge in [-0.25, -0.2) is 0 Å². The molecule has 1 aliphatic heterocycles. The zero-order valence-electron chi connectivity index (χ0n) is 13.5. The zero-order chi connectivity index (χ0) is 18.2. The van der Waals surface area contributed by atoms with E-state index in [-0.39, 0.29) is 25.4 Å². The van der Waals surface area contributed by atoms with Crippen LogP contribution in [0.25, 0.3) is 0 Å². The molecule has 0 saturated carbocycles. The van der Waals surface area contributed by atoms with Gasteiger partial charge in [0.1, 0.15) is 6.04 Å². The van der Waals surface area contributed by atoms with Crippen molar-refractivity contribution in [3.8, 4) is 0 Å². The highest BCUT2D eigenvalue weighted by atomic mass is 35.5. The van der Waals surface area contributed by atoms with E-state index in [1.54, 1.807) is 29.2 Å². The molecule has 3 rings (SSSR count). The van der Waals surface area contributed by atoms with Gasteiger partial charge in [-0.1, -0.05) is 29.8 Å². The molecule has 0 fully saturated rings. The van der Waals surface area contributed by atoms with Crippen LogP contribution in [-0.2, 0) is 30.5 Å². The van der Waals surface area contributed by atoms with E-state index in [9.17, 15) is 23.1 Å². The highest BCUT2D eigenvalue weighted by molar-refractivity contribution is 6.30. The molecule has 0 radical (unpaired) electrons. The van der Waals surface area contributed by atoms with E-state index in [1.807, 2.05) is 0 Å². The fraction of sp³-hybridized carbons (Fsp3) is 0.278. The Bertz CT molecular complexity index is 794. The maximum absolute atomic E-state index is 12.9. The van der Waals surface area contributed by atoms with Crippen molar-refractivity contribution in [3.05, 3.63) is 69.7 Å². The van der Waals surface area contributed by atoms with Crippen molar-refractivity contribution in [2.75, 3.05) is 0 Å². The summed E-state index contributed by atoms with van der Waals surface area (Å²) in [7, 11) is 0. The number of carboxylic acids is 1. The van der Waals surface area contributed by atoms with Gasteiger partial charge in [-0.15, -0.1) is 12.4 Å². The molecule has 1 aliphatic rings. The smallest absolute Gasteiger partial charge is 0.416 e. The van der Waals surface area contributed by atoms with Crippen LogP contribution in [0.2, 0.25) is 5.02 Å². The minimum Gasteiger partial charge on any atom is -0.480 e. The van der Waals surface area contributed by atoms with Crippen LogP contribution in [0.3, 0.4) is 0 Å². The Balaban J connectivity index is 0.00000243. The molecule has 1 N–H and O–H groups in total. The number of hydrogen-bond donors (Lipinski definition) is 1. The van der Waals surface area contributed by atoms with Crippen molar-refractivity contribution >= 4 is 30.0 Å². The third-order valence-corrected chi connectivity index (χ3v) is 4.60. The predicted octanol–water partition coefficient (Wildman–Crippen LogP) is 4.79. The summed E-state index contributed by atoms with van der Waals surface area (Å²) in [4.78, 5) is 13.3. The third kappa shape index (κ3) is 4.50. The van der Waals surface area contributed by atoms with Crippen LogP contribution in [0.4, 0.5) is 13.2 Å². The quantitative estimate of drug-likeness (QED) is 0.797. The van der Waals surface area contributed by atoms with Crippen LogP contribution >= 0.6 is 24.0 Å². The van der Waals surface area contributed by atoms with Crippen LogP contribution in [0.1, 0.15) is 22.3 Å². The van der Waals surface area contributed by atoms with Crippen molar-refractivity contribution in [1.82, 2.24) is 4.90 Å². The van der Waals surface area contributed by atoms with E-state index in [0.29, 0.717) is 22.7 Å². The van der Waals surface area contributed by atoms with Crippen LogP contribution in [-0.4, -0.2) is 22.0 Å². The molecule has 0 bridgehead atoms. The minimum absolute atomic E-state index is 0. The Labute approximate surface area is 159 Å². The first kappa shape index (κ1) is 20.6. The molecule has 1 atom stereocenters. The van der Waals surface area contributed by atoms with Gasteiger partial charge in [0.15, 0.2) is 0 Å². The van der Waals surface area contributed by atoms with E-state index in [2.05, 4.69) is 0 Å². The van der Waals surface area contributed by atoms with Gasteiger partial charge in [0.2, 0.25) is 0 Å². The topological polar surface area (TPSA) is 40.5 Å². The van der Waals surface area contributed by atoms with E-state index in [4.69, 9.17) is 11.6 Å². The molecule has 1 heterocycles. The number of rotatable bonds is 3. The summed E-state index contributed by atoms with van der Waals surface area (Å²) < 4.78 is 38.8. The summed E-state index contributed by atoms with van der Waals surface area (Å²) in [5.74, 6) is -0.987. The number of carboxylic acid groups (broad SMARTS) is 1. The lowest BCUT2D eigenvalue weighted by atomic mass is 9.92. The predicted molar refractivity (Wildman–Crippen MR) is 94.5 cm³/mol. The molecule has 1 unspecified atom stereocenters. The first-order valence-electron chi connectivity index (χ1n) is 7.64. The lowest BCUT2D eigenvalue weighted by molar-refractivity contribution is -0.144. The van der Waals surface area contributed by atoms with Gasteiger partial charge in [-0.3, -0.25) is 9.69 Å². The summed E-state index contributed by atoms with van der Waals surface area (Å²) in [6, 6.07) is 9.69. The fourth-order valence-corrected chi connectivity index (χ4v) is 3.17.